The van der Waals surface area contributed by atoms with Crippen LogP contribution in [0.25, 0.3) is 0 Å². The van der Waals surface area contributed by atoms with Crippen molar-refractivity contribution in [1.82, 2.24) is 0 Å². The zero-order chi connectivity index (χ0) is 10.1. The summed E-state index contributed by atoms with van der Waals surface area (Å²) in [6.45, 7) is 2.80. The van der Waals surface area contributed by atoms with Gasteiger partial charge in [-0.15, -0.1) is 0 Å². The largest absolute Gasteiger partial charge is 0.481 e. The second kappa shape index (κ2) is 8.00. The lowest BCUT2D eigenvalue weighted by Gasteiger charge is -2.02. The van der Waals surface area contributed by atoms with E-state index in [-0.39, 0.29) is 12.5 Å². The normalized spacial score (nSPS) is 10.9. The Morgan fingerprint density at radius 1 is 1.42 bits per heavy atom. The molecule has 1 atom stereocenters. The molecule has 0 saturated carbocycles. The van der Waals surface area contributed by atoms with E-state index in [4.69, 9.17) is 15.0 Å². The summed E-state index contributed by atoms with van der Waals surface area (Å²) in [4.78, 5) is 18.9. The van der Waals surface area contributed by atoms with E-state index in [9.17, 15) is 4.79 Å². The van der Waals surface area contributed by atoms with Gasteiger partial charge in [-0.05, 0) is 6.92 Å². The van der Waals surface area contributed by atoms with Gasteiger partial charge >= 0.3 is 5.97 Å². The van der Waals surface area contributed by atoms with Crippen molar-refractivity contribution in [2.24, 2.45) is 0 Å². The molecular formula is C7H14O5. The first-order chi connectivity index (χ1) is 5.40. The Morgan fingerprint density at radius 2 is 1.75 bits per heavy atom. The first-order valence-electron chi connectivity index (χ1n) is 3.34. The quantitative estimate of drug-likeness (QED) is 0.660. The summed E-state index contributed by atoms with van der Waals surface area (Å²) in [5, 5.41) is 15.6. The van der Waals surface area contributed by atoms with Crippen LogP contribution in [0.4, 0.5) is 0 Å². The molecular weight excluding hydrogens is 164 g/mol. The molecule has 0 heterocycles. The number of aliphatic carboxylic acids is 2. The van der Waals surface area contributed by atoms with Gasteiger partial charge in [0, 0.05) is 14.0 Å². The summed E-state index contributed by atoms with van der Waals surface area (Å²) >= 11 is 0. The van der Waals surface area contributed by atoms with Gasteiger partial charge in [-0.3, -0.25) is 9.59 Å². The minimum absolute atomic E-state index is 0.0799. The molecule has 5 nitrogen and oxygen atoms in total. The molecule has 5 heteroatoms. The van der Waals surface area contributed by atoms with Crippen LogP contribution >= 0.6 is 0 Å². The van der Waals surface area contributed by atoms with Crippen molar-refractivity contribution in [2.75, 3.05) is 7.11 Å². The highest BCUT2D eigenvalue weighted by molar-refractivity contribution is 5.67. The van der Waals surface area contributed by atoms with Crippen molar-refractivity contribution in [3.05, 3.63) is 0 Å². The Bertz CT molecular complexity index is 139. The molecule has 0 aromatic carbocycles. The lowest BCUT2D eigenvalue weighted by Crippen LogP contribution is -2.10. The number of carboxylic acids is 2. The van der Waals surface area contributed by atoms with Gasteiger partial charge in [0.2, 0.25) is 0 Å². The second-order valence-electron chi connectivity index (χ2n) is 2.16. The molecule has 0 aliphatic heterocycles. The highest BCUT2D eigenvalue weighted by Gasteiger charge is 2.03. The molecule has 0 saturated heterocycles. The molecule has 0 fully saturated rings. The summed E-state index contributed by atoms with van der Waals surface area (Å²) in [6, 6.07) is 0. The van der Waals surface area contributed by atoms with Gasteiger partial charge in [-0.25, -0.2) is 0 Å². The van der Waals surface area contributed by atoms with E-state index in [1.165, 1.54) is 7.11 Å². The van der Waals surface area contributed by atoms with E-state index in [2.05, 4.69) is 4.74 Å². The maximum atomic E-state index is 9.89. The van der Waals surface area contributed by atoms with E-state index in [0.29, 0.717) is 0 Å². The third kappa shape index (κ3) is 23.1. The van der Waals surface area contributed by atoms with Crippen LogP contribution in [0.2, 0.25) is 0 Å². The highest BCUT2D eigenvalue weighted by atomic mass is 16.5. The Kier molecular flexibility index (Phi) is 8.99. The van der Waals surface area contributed by atoms with Gasteiger partial charge < -0.3 is 14.9 Å². The molecule has 1 unspecified atom stereocenters. The predicted octanol–water partition coefficient (Wildman–Crippen LogP) is 0.587. The van der Waals surface area contributed by atoms with Crippen LogP contribution < -0.4 is 0 Å². The predicted molar refractivity (Wildman–Crippen MR) is 42.0 cm³/mol. The van der Waals surface area contributed by atoms with Gasteiger partial charge in [0.05, 0.1) is 12.5 Å². The minimum atomic E-state index is -0.833. The average molecular weight is 178 g/mol. The second-order valence-corrected chi connectivity index (χ2v) is 2.16. The maximum absolute atomic E-state index is 9.89. The molecule has 0 aromatic rings. The third-order valence-electron chi connectivity index (χ3n) is 0.864. The number of carboxylic acid groups (broad SMARTS) is 2. The molecule has 0 rings (SSSR count). The molecule has 0 aliphatic carbocycles. The van der Waals surface area contributed by atoms with E-state index < -0.39 is 11.9 Å². The molecule has 0 bridgehead atoms. The van der Waals surface area contributed by atoms with Gasteiger partial charge in [-0.2, -0.15) is 0 Å². The number of hydrogen-bond donors (Lipinski definition) is 2. The van der Waals surface area contributed by atoms with Crippen molar-refractivity contribution in [2.45, 2.75) is 26.4 Å². The molecule has 12 heavy (non-hydrogen) atoms. The van der Waals surface area contributed by atoms with Crippen LogP contribution in [-0.2, 0) is 14.3 Å². The summed E-state index contributed by atoms with van der Waals surface area (Å²) in [5.74, 6) is -1.65. The van der Waals surface area contributed by atoms with Crippen LogP contribution in [0.3, 0.4) is 0 Å². The zero-order valence-corrected chi connectivity index (χ0v) is 7.40. The lowest BCUT2D eigenvalue weighted by atomic mass is 10.3. The van der Waals surface area contributed by atoms with Gasteiger partial charge in [0.25, 0.3) is 5.97 Å². The number of hydrogen-bond acceptors (Lipinski definition) is 3. The van der Waals surface area contributed by atoms with Crippen molar-refractivity contribution < 1.29 is 24.5 Å². The first kappa shape index (κ1) is 13.5. The Hall–Kier alpha value is -1.10. The van der Waals surface area contributed by atoms with Gasteiger partial charge in [-0.1, -0.05) is 0 Å². The Morgan fingerprint density at radius 3 is 1.83 bits per heavy atom. The third-order valence-corrected chi connectivity index (χ3v) is 0.864. The van der Waals surface area contributed by atoms with E-state index >= 15 is 0 Å². The highest BCUT2D eigenvalue weighted by Crippen LogP contribution is 1.92. The SMILES string of the molecule is CC(=O)O.COC(C)CC(=O)O. The standard InChI is InChI=1S/C5H10O3.C2H4O2/c1-4(8-2)3-5(6)7;1-2(3)4/h4H,3H2,1-2H3,(H,6,7);1H3,(H,3,4). The summed E-state index contributed by atoms with van der Waals surface area (Å²) in [7, 11) is 1.49. The Balaban J connectivity index is 0. The van der Waals surface area contributed by atoms with E-state index in [1.807, 2.05) is 0 Å². The summed E-state index contributed by atoms with van der Waals surface area (Å²) < 4.78 is 4.68. The molecule has 0 aromatic heterocycles. The summed E-state index contributed by atoms with van der Waals surface area (Å²) in [5.41, 5.74) is 0. The van der Waals surface area contributed by atoms with E-state index in [1.54, 1.807) is 6.92 Å². The topological polar surface area (TPSA) is 83.8 Å². The zero-order valence-electron chi connectivity index (χ0n) is 7.40. The minimum Gasteiger partial charge on any atom is -0.481 e. The smallest absolute Gasteiger partial charge is 0.305 e. The van der Waals surface area contributed by atoms with Crippen LogP contribution in [0, 0.1) is 0 Å². The van der Waals surface area contributed by atoms with Gasteiger partial charge in [0.1, 0.15) is 0 Å². The number of methoxy groups -OCH3 is 1. The molecule has 0 spiro atoms. The number of rotatable bonds is 3. The lowest BCUT2D eigenvalue weighted by molar-refractivity contribution is -0.139. The van der Waals surface area contributed by atoms with Crippen molar-refractivity contribution in [1.29, 1.82) is 0 Å². The molecule has 0 amide bonds. The Labute approximate surface area is 71.0 Å². The molecule has 72 valence electrons. The number of ether oxygens (including phenoxy) is 1. The van der Waals surface area contributed by atoms with Crippen LogP contribution in [0.5, 0.6) is 0 Å². The average Bonchev–Trinajstić information content (AvgIpc) is 1.84. The fourth-order valence-electron chi connectivity index (χ4n) is 0.329. The molecule has 2 N–H and O–H groups in total. The number of carbonyl (C=O) groups is 2. The first-order valence-corrected chi connectivity index (χ1v) is 3.34. The molecule has 0 radical (unpaired) electrons. The monoisotopic (exact) mass is 178 g/mol. The van der Waals surface area contributed by atoms with Crippen molar-refractivity contribution >= 4 is 11.9 Å². The van der Waals surface area contributed by atoms with Crippen molar-refractivity contribution in [3.63, 3.8) is 0 Å². The van der Waals surface area contributed by atoms with Crippen LogP contribution in [-0.4, -0.2) is 35.4 Å². The van der Waals surface area contributed by atoms with Crippen LogP contribution in [0.1, 0.15) is 20.3 Å². The maximum Gasteiger partial charge on any atom is 0.305 e. The summed E-state index contributed by atoms with van der Waals surface area (Å²) in [6.07, 6.45) is -0.0938. The van der Waals surface area contributed by atoms with E-state index in [0.717, 1.165) is 6.92 Å². The van der Waals surface area contributed by atoms with Crippen LogP contribution in [0.15, 0.2) is 0 Å². The fourth-order valence-corrected chi connectivity index (χ4v) is 0.329. The fraction of sp³-hybridized carbons (Fsp3) is 0.714. The molecule has 0 aliphatic rings. The van der Waals surface area contributed by atoms with Crippen molar-refractivity contribution in [3.8, 4) is 0 Å². The van der Waals surface area contributed by atoms with Gasteiger partial charge in [0.15, 0.2) is 0 Å².